The molecule has 3 N–H and O–H groups in total. The molecular formula is C10H13NO2. The van der Waals surface area contributed by atoms with Gasteiger partial charge in [-0.25, -0.2) is 0 Å². The Labute approximate surface area is 77.2 Å². The summed E-state index contributed by atoms with van der Waals surface area (Å²) < 4.78 is 0. The fraction of sp³-hybridized carbons (Fsp3) is 0.300. The third-order valence-electron chi connectivity index (χ3n) is 2.19. The molecule has 13 heavy (non-hydrogen) atoms. The molecule has 0 aliphatic carbocycles. The van der Waals surface area contributed by atoms with E-state index < -0.39 is 11.5 Å². The van der Waals surface area contributed by atoms with E-state index in [9.17, 15) is 9.90 Å². The number of rotatable bonds is 2. The van der Waals surface area contributed by atoms with E-state index in [-0.39, 0.29) is 0 Å². The molecule has 3 nitrogen and oxygen atoms in total. The van der Waals surface area contributed by atoms with Crippen LogP contribution in [0.5, 0.6) is 0 Å². The summed E-state index contributed by atoms with van der Waals surface area (Å²) in [5, 5.41) is 10.8. The highest BCUT2D eigenvalue weighted by Crippen LogP contribution is 2.18. The number of benzene rings is 1. The lowest BCUT2D eigenvalue weighted by molar-refractivity contribution is -0.489. The molecule has 0 bridgehead atoms. The van der Waals surface area contributed by atoms with Gasteiger partial charge in [0, 0.05) is 12.5 Å². The quantitative estimate of drug-likeness (QED) is 0.646. The molecule has 1 atom stereocenters. The number of aryl methyl sites for hydroxylation is 1. The molecule has 0 spiro atoms. The van der Waals surface area contributed by atoms with Crippen LogP contribution in [-0.4, -0.2) is 5.97 Å². The first kappa shape index (κ1) is 9.74. The number of carbonyl (C=O) groups is 1. The maximum Gasteiger partial charge on any atom is 0.158 e. The summed E-state index contributed by atoms with van der Waals surface area (Å²) in [6.07, 6.45) is 0. The van der Waals surface area contributed by atoms with Crippen LogP contribution >= 0.6 is 0 Å². The number of carboxylic acids is 1. The van der Waals surface area contributed by atoms with Gasteiger partial charge < -0.3 is 15.6 Å². The van der Waals surface area contributed by atoms with Crippen LogP contribution in [0.25, 0.3) is 0 Å². The van der Waals surface area contributed by atoms with Gasteiger partial charge in [-0.3, -0.25) is 0 Å². The topological polar surface area (TPSA) is 67.8 Å². The minimum atomic E-state index is -1.16. The molecule has 0 saturated carbocycles. The predicted octanol–water partition coefficient (Wildman–Crippen LogP) is -0.798. The molecule has 3 heteroatoms. The average molecular weight is 179 g/mol. The van der Waals surface area contributed by atoms with Gasteiger partial charge in [-0.15, -0.1) is 0 Å². The molecule has 0 unspecified atom stereocenters. The van der Waals surface area contributed by atoms with Crippen molar-refractivity contribution in [3.63, 3.8) is 0 Å². The number of hydrogen-bond donors (Lipinski definition) is 1. The van der Waals surface area contributed by atoms with Crippen LogP contribution in [-0.2, 0) is 10.3 Å². The van der Waals surface area contributed by atoms with Gasteiger partial charge in [-0.05, 0) is 12.5 Å². The van der Waals surface area contributed by atoms with Crippen molar-refractivity contribution in [2.45, 2.75) is 19.4 Å². The summed E-state index contributed by atoms with van der Waals surface area (Å²) in [6.45, 7) is 3.41. The molecule has 0 amide bonds. The lowest BCUT2D eigenvalue weighted by atomic mass is 9.90. The highest BCUT2D eigenvalue weighted by molar-refractivity contribution is 5.76. The van der Waals surface area contributed by atoms with Gasteiger partial charge in [-0.1, -0.05) is 24.3 Å². The number of aliphatic carboxylic acids is 1. The van der Waals surface area contributed by atoms with Crippen LogP contribution in [0.15, 0.2) is 24.3 Å². The number of carbonyl (C=O) groups excluding carboxylic acids is 1. The first-order chi connectivity index (χ1) is 5.96. The molecular weight excluding hydrogens is 166 g/mol. The van der Waals surface area contributed by atoms with Gasteiger partial charge in [0.15, 0.2) is 5.54 Å². The number of carboxylic acid groups (broad SMARTS) is 1. The fourth-order valence-corrected chi connectivity index (χ4v) is 1.30. The maximum atomic E-state index is 10.8. The van der Waals surface area contributed by atoms with Crippen molar-refractivity contribution in [3.8, 4) is 0 Å². The molecule has 1 aromatic rings. The summed E-state index contributed by atoms with van der Waals surface area (Å²) in [6, 6.07) is 7.29. The smallest absolute Gasteiger partial charge is 0.158 e. The first-order valence-electron chi connectivity index (χ1n) is 4.09. The van der Waals surface area contributed by atoms with Crippen molar-refractivity contribution in [1.82, 2.24) is 0 Å². The van der Waals surface area contributed by atoms with E-state index in [1.807, 2.05) is 19.1 Å². The van der Waals surface area contributed by atoms with E-state index in [4.69, 9.17) is 0 Å². The average Bonchev–Trinajstić information content (AvgIpc) is 2.04. The van der Waals surface area contributed by atoms with E-state index in [0.29, 0.717) is 5.56 Å². The van der Waals surface area contributed by atoms with E-state index in [2.05, 4.69) is 5.73 Å². The Morgan fingerprint density at radius 3 is 2.46 bits per heavy atom. The molecule has 0 aromatic heterocycles. The van der Waals surface area contributed by atoms with Crippen LogP contribution in [0.2, 0.25) is 0 Å². The number of quaternary nitrogens is 1. The van der Waals surface area contributed by atoms with Gasteiger partial charge in [0.05, 0.1) is 0 Å². The molecule has 0 aliphatic heterocycles. The molecule has 1 rings (SSSR count). The predicted molar refractivity (Wildman–Crippen MR) is 46.4 cm³/mol. The zero-order valence-corrected chi connectivity index (χ0v) is 7.83. The van der Waals surface area contributed by atoms with E-state index in [0.717, 1.165) is 5.56 Å². The molecule has 0 fully saturated rings. The van der Waals surface area contributed by atoms with Crippen molar-refractivity contribution >= 4 is 5.97 Å². The molecule has 0 aliphatic rings. The van der Waals surface area contributed by atoms with Crippen LogP contribution < -0.4 is 10.8 Å². The van der Waals surface area contributed by atoms with Gasteiger partial charge >= 0.3 is 0 Å². The third-order valence-corrected chi connectivity index (χ3v) is 2.19. The number of hydrogen-bond acceptors (Lipinski definition) is 2. The Hall–Kier alpha value is -1.35. The lowest BCUT2D eigenvalue weighted by Gasteiger charge is -2.23. The van der Waals surface area contributed by atoms with Crippen molar-refractivity contribution in [1.29, 1.82) is 0 Å². The van der Waals surface area contributed by atoms with Gasteiger partial charge in [0.25, 0.3) is 0 Å². The highest BCUT2D eigenvalue weighted by atomic mass is 16.4. The standard InChI is InChI=1S/C10H13NO2/c1-7-5-3-4-6-8(7)10(2,11)9(12)13/h3-6H,11H2,1-2H3,(H,12,13)/t10-/m0/s1. The van der Waals surface area contributed by atoms with Crippen molar-refractivity contribution in [3.05, 3.63) is 35.4 Å². The molecule has 0 heterocycles. The van der Waals surface area contributed by atoms with Crippen molar-refractivity contribution < 1.29 is 15.6 Å². The molecule has 0 saturated heterocycles. The molecule has 0 radical (unpaired) electrons. The second kappa shape index (κ2) is 3.18. The summed E-state index contributed by atoms with van der Waals surface area (Å²) in [5.41, 5.74) is 4.10. The summed E-state index contributed by atoms with van der Waals surface area (Å²) >= 11 is 0. The zero-order valence-electron chi connectivity index (χ0n) is 7.83. The second-order valence-corrected chi connectivity index (χ2v) is 3.43. The largest absolute Gasteiger partial charge is 0.543 e. The Morgan fingerprint density at radius 2 is 2.00 bits per heavy atom. The minimum Gasteiger partial charge on any atom is -0.543 e. The summed E-state index contributed by atoms with van der Waals surface area (Å²) in [4.78, 5) is 10.8. The Kier molecular flexibility index (Phi) is 2.38. The fourth-order valence-electron chi connectivity index (χ4n) is 1.30. The van der Waals surface area contributed by atoms with Gasteiger partial charge in [-0.2, -0.15) is 0 Å². The Balaban J connectivity index is 3.22. The normalized spacial score (nSPS) is 15.0. The lowest BCUT2D eigenvalue weighted by Crippen LogP contribution is -2.75. The zero-order chi connectivity index (χ0) is 10.1. The van der Waals surface area contributed by atoms with E-state index >= 15 is 0 Å². The van der Waals surface area contributed by atoms with Crippen LogP contribution in [0.1, 0.15) is 18.1 Å². The van der Waals surface area contributed by atoms with Crippen molar-refractivity contribution in [2.75, 3.05) is 0 Å². The van der Waals surface area contributed by atoms with Crippen molar-refractivity contribution in [2.24, 2.45) is 0 Å². The SMILES string of the molecule is Cc1ccccc1[C@](C)([NH3+])C(=O)[O-]. The van der Waals surface area contributed by atoms with E-state index in [1.54, 1.807) is 19.1 Å². The third kappa shape index (κ3) is 1.70. The van der Waals surface area contributed by atoms with Gasteiger partial charge in [0.1, 0.15) is 5.97 Å². The second-order valence-electron chi connectivity index (χ2n) is 3.43. The first-order valence-corrected chi connectivity index (χ1v) is 4.09. The Bertz CT molecular complexity index is 331. The maximum absolute atomic E-state index is 10.8. The molecule has 1 aromatic carbocycles. The Morgan fingerprint density at radius 1 is 1.46 bits per heavy atom. The van der Waals surface area contributed by atoms with Crippen LogP contribution in [0.3, 0.4) is 0 Å². The summed E-state index contributed by atoms with van der Waals surface area (Å²) in [7, 11) is 0. The summed E-state index contributed by atoms with van der Waals surface area (Å²) in [5.74, 6) is -1.15. The monoisotopic (exact) mass is 179 g/mol. The van der Waals surface area contributed by atoms with Gasteiger partial charge in [0.2, 0.25) is 0 Å². The van der Waals surface area contributed by atoms with Crippen LogP contribution in [0.4, 0.5) is 0 Å². The minimum absolute atomic E-state index is 0.704. The highest BCUT2D eigenvalue weighted by Gasteiger charge is 2.28. The van der Waals surface area contributed by atoms with Crippen LogP contribution in [0, 0.1) is 6.92 Å². The van der Waals surface area contributed by atoms with E-state index in [1.165, 1.54) is 0 Å². The molecule has 70 valence electrons.